The first-order valence-corrected chi connectivity index (χ1v) is 6.53. The third-order valence-electron chi connectivity index (χ3n) is 3.30. The molecule has 0 saturated carbocycles. The van der Waals surface area contributed by atoms with Gasteiger partial charge in [0.1, 0.15) is 11.5 Å². The maximum absolute atomic E-state index is 9.22. The Bertz CT molecular complexity index is 530. The van der Waals surface area contributed by atoms with Crippen molar-refractivity contribution in [1.82, 2.24) is 15.1 Å². The number of aromatic nitrogens is 2. The van der Waals surface area contributed by atoms with Crippen LogP contribution in [0.2, 0.25) is 0 Å². The SMILES string of the molecule is Oc1ccc(Oc2cnn(C3CCCNC3)c2)cc1. The maximum atomic E-state index is 9.22. The van der Waals surface area contributed by atoms with Gasteiger partial charge in [-0.2, -0.15) is 5.10 Å². The highest BCUT2D eigenvalue weighted by molar-refractivity contribution is 5.33. The van der Waals surface area contributed by atoms with E-state index in [0.29, 0.717) is 11.8 Å². The minimum atomic E-state index is 0.233. The second kappa shape index (κ2) is 5.32. The van der Waals surface area contributed by atoms with Gasteiger partial charge in [-0.25, -0.2) is 0 Å². The van der Waals surface area contributed by atoms with Gasteiger partial charge < -0.3 is 15.2 Å². The maximum Gasteiger partial charge on any atom is 0.165 e. The van der Waals surface area contributed by atoms with E-state index in [-0.39, 0.29) is 5.75 Å². The topological polar surface area (TPSA) is 59.3 Å². The van der Waals surface area contributed by atoms with E-state index in [1.807, 2.05) is 10.9 Å². The minimum Gasteiger partial charge on any atom is -0.508 e. The lowest BCUT2D eigenvalue weighted by molar-refractivity contribution is 0.345. The van der Waals surface area contributed by atoms with Crippen molar-refractivity contribution in [3.8, 4) is 17.2 Å². The Labute approximate surface area is 111 Å². The predicted octanol–water partition coefficient (Wildman–Crippen LogP) is 2.31. The summed E-state index contributed by atoms with van der Waals surface area (Å²) in [5.41, 5.74) is 0. The summed E-state index contributed by atoms with van der Waals surface area (Å²) in [6.45, 7) is 2.05. The Morgan fingerprint density at radius 3 is 2.84 bits per heavy atom. The summed E-state index contributed by atoms with van der Waals surface area (Å²) in [5.74, 6) is 1.65. The molecule has 1 saturated heterocycles. The first kappa shape index (κ1) is 12.0. The van der Waals surface area contributed by atoms with Gasteiger partial charge in [-0.15, -0.1) is 0 Å². The zero-order valence-corrected chi connectivity index (χ0v) is 10.6. The molecule has 0 bridgehead atoms. The molecule has 0 amide bonds. The molecule has 5 heteroatoms. The Morgan fingerprint density at radius 1 is 1.26 bits per heavy atom. The number of phenols is 1. The van der Waals surface area contributed by atoms with Gasteiger partial charge in [-0.3, -0.25) is 4.68 Å². The summed E-state index contributed by atoms with van der Waals surface area (Å²) >= 11 is 0. The molecule has 2 aromatic rings. The van der Waals surface area contributed by atoms with Crippen molar-refractivity contribution in [1.29, 1.82) is 0 Å². The third kappa shape index (κ3) is 2.88. The minimum absolute atomic E-state index is 0.233. The second-order valence-electron chi connectivity index (χ2n) is 4.75. The molecule has 1 aliphatic rings. The van der Waals surface area contributed by atoms with Crippen LogP contribution >= 0.6 is 0 Å². The van der Waals surface area contributed by atoms with Gasteiger partial charge in [0, 0.05) is 6.54 Å². The number of hydrogen-bond donors (Lipinski definition) is 2. The molecule has 1 aliphatic heterocycles. The summed E-state index contributed by atoms with van der Waals surface area (Å²) in [6, 6.07) is 7.07. The van der Waals surface area contributed by atoms with Crippen LogP contribution in [0.25, 0.3) is 0 Å². The van der Waals surface area contributed by atoms with Gasteiger partial charge in [0.2, 0.25) is 0 Å². The molecule has 3 rings (SSSR count). The molecule has 0 spiro atoms. The van der Waals surface area contributed by atoms with Gasteiger partial charge in [0.05, 0.1) is 18.4 Å². The van der Waals surface area contributed by atoms with Crippen LogP contribution in [-0.4, -0.2) is 28.0 Å². The lowest BCUT2D eigenvalue weighted by Gasteiger charge is -2.22. The second-order valence-corrected chi connectivity index (χ2v) is 4.75. The Hall–Kier alpha value is -2.01. The molecule has 1 fully saturated rings. The number of nitrogens with zero attached hydrogens (tertiary/aromatic N) is 2. The number of piperidine rings is 1. The largest absolute Gasteiger partial charge is 0.508 e. The molecule has 5 nitrogen and oxygen atoms in total. The van der Waals surface area contributed by atoms with Crippen LogP contribution < -0.4 is 10.1 Å². The van der Waals surface area contributed by atoms with Gasteiger partial charge >= 0.3 is 0 Å². The average Bonchev–Trinajstić information content (AvgIpc) is 2.91. The average molecular weight is 259 g/mol. The molecule has 1 aromatic heterocycles. The van der Waals surface area contributed by atoms with Crippen LogP contribution in [0.15, 0.2) is 36.7 Å². The van der Waals surface area contributed by atoms with E-state index in [1.54, 1.807) is 30.5 Å². The van der Waals surface area contributed by atoms with E-state index in [0.717, 1.165) is 25.3 Å². The lowest BCUT2D eigenvalue weighted by Crippen LogP contribution is -2.31. The smallest absolute Gasteiger partial charge is 0.165 e. The number of rotatable bonds is 3. The van der Waals surface area contributed by atoms with E-state index in [9.17, 15) is 5.11 Å². The molecule has 2 N–H and O–H groups in total. The summed E-state index contributed by atoms with van der Waals surface area (Å²) < 4.78 is 7.65. The quantitative estimate of drug-likeness (QED) is 0.888. The van der Waals surface area contributed by atoms with Crippen molar-refractivity contribution >= 4 is 0 Å². The van der Waals surface area contributed by atoms with E-state index < -0.39 is 0 Å². The highest BCUT2D eigenvalue weighted by Crippen LogP contribution is 2.24. The normalized spacial score (nSPS) is 19.3. The highest BCUT2D eigenvalue weighted by Gasteiger charge is 2.15. The van der Waals surface area contributed by atoms with Crippen LogP contribution in [0.4, 0.5) is 0 Å². The molecule has 1 atom stereocenters. The zero-order valence-electron chi connectivity index (χ0n) is 10.6. The van der Waals surface area contributed by atoms with E-state index in [2.05, 4.69) is 10.4 Å². The Morgan fingerprint density at radius 2 is 2.11 bits per heavy atom. The molecule has 19 heavy (non-hydrogen) atoms. The van der Waals surface area contributed by atoms with Gasteiger partial charge in [-0.1, -0.05) is 0 Å². The number of aromatic hydroxyl groups is 1. The van der Waals surface area contributed by atoms with Crippen LogP contribution in [0.3, 0.4) is 0 Å². The van der Waals surface area contributed by atoms with Crippen molar-refractivity contribution in [2.24, 2.45) is 0 Å². The van der Waals surface area contributed by atoms with Crippen molar-refractivity contribution in [3.05, 3.63) is 36.7 Å². The third-order valence-corrected chi connectivity index (χ3v) is 3.30. The van der Waals surface area contributed by atoms with Crippen molar-refractivity contribution in [2.45, 2.75) is 18.9 Å². The molecule has 0 aliphatic carbocycles. The molecule has 0 radical (unpaired) electrons. The summed E-state index contributed by atoms with van der Waals surface area (Å²) in [5, 5.41) is 16.9. The monoisotopic (exact) mass is 259 g/mol. The Balaban J connectivity index is 1.68. The molecule has 1 aromatic carbocycles. The van der Waals surface area contributed by atoms with Gasteiger partial charge in [0.15, 0.2) is 5.75 Å². The fourth-order valence-electron chi connectivity index (χ4n) is 2.28. The fraction of sp³-hybridized carbons (Fsp3) is 0.357. The number of ether oxygens (including phenoxy) is 1. The van der Waals surface area contributed by atoms with Crippen molar-refractivity contribution < 1.29 is 9.84 Å². The van der Waals surface area contributed by atoms with Crippen molar-refractivity contribution in [3.63, 3.8) is 0 Å². The van der Waals surface area contributed by atoms with Crippen LogP contribution in [-0.2, 0) is 0 Å². The van der Waals surface area contributed by atoms with Crippen molar-refractivity contribution in [2.75, 3.05) is 13.1 Å². The predicted molar refractivity (Wildman–Crippen MR) is 71.5 cm³/mol. The molecule has 100 valence electrons. The number of hydrogen-bond acceptors (Lipinski definition) is 4. The zero-order chi connectivity index (χ0) is 13.1. The first-order valence-electron chi connectivity index (χ1n) is 6.53. The first-order chi connectivity index (χ1) is 9.31. The number of nitrogens with one attached hydrogen (secondary N) is 1. The van der Waals surface area contributed by atoms with Crippen LogP contribution in [0.1, 0.15) is 18.9 Å². The van der Waals surface area contributed by atoms with E-state index >= 15 is 0 Å². The van der Waals surface area contributed by atoms with Gasteiger partial charge in [-0.05, 0) is 43.7 Å². The highest BCUT2D eigenvalue weighted by atomic mass is 16.5. The standard InChI is InChI=1S/C14H17N3O2/c18-12-3-5-13(6-4-12)19-14-9-16-17(10-14)11-2-1-7-15-8-11/h3-6,9-11,15,18H,1-2,7-8H2. The molecule has 2 heterocycles. The lowest BCUT2D eigenvalue weighted by atomic mass is 10.1. The molecular formula is C14H17N3O2. The van der Waals surface area contributed by atoms with E-state index in [4.69, 9.17) is 4.74 Å². The summed E-state index contributed by atoms with van der Waals surface area (Å²) in [6.07, 6.45) is 5.97. The number of benzene rings is 1. The molecule has 1 unspecified atom stereocenters. The Kier molecular flexibility index (Phi) is 3.37. The fourth-order valence-corrected chi connectivity index (χ4v) is 2.28. The summed E-state index contributed by atoms with van der Waals surface area (Å²) in [7, 11) is 0. The molecular weight excluding hydrogens is 242 g/mol. The van der Waals surface area contributed by atoms with Crippen LogP contribution in [0.5, 0.6) is 17.2 Å². The van der Waals surface area contributed by atoms with Crippen LogP contribution in [0, 0.1) is 0 Å². The van der Waals surface area contributed by atoms with Gasteiger partial charge in [0.25, 0.3) is 0 Å². The summed E-state index contributed by atoms with van der Waals surface area (Å²) in [4.78, 5) is 0. The van der Waals surface area contributed by atoms with E-state index in [1.165, 1.54) is 6.42 Å². The number of phenolic OH excluding ortho intramolecular Hbond substituents is 1.